The second-order valence-electron chi connectivity index (χ2n) is 2.11. The van der Waals surface area contributed by atoms with Gasteiger partial charge in [-0.05, 0) is 6.42 Å². The van der Waals surface area contributed by atoms with E-state index in [4.69, 9.17) is 15.0 Å². The lowest BCUT2D eigenvalue weighted by Gasteiger charge is -2.07. The van der Waals surface area contributed by atoms with E-state index in [1.807, 2.05) is 0 Å². The third-order valence-electron chi connectivity index (χ3n) is 1.09. The summed E-state index contributed by atoms with van der Waals surface area (Å²) in [5, 5.41) is 16.1. The maximum absolute atomic E-state index is 10.3. The summed E-state index contributed by atoms with van der Waals surface area (Å²) in [4.78, 5) is 29.2. The number of carbonyl (C=O) groups excluding carboxylic acids is 2. The SMILES string of the molecule is O=C(O)O.O=C1CCCC(=O)N1. The minimum Gasteiger partial charge on any atom is -0.450 e. The van der Waals surface area contributed by atoms with E-state index in [1.165, 1.54) is 0 Å². The smallest absolute Gasteiger partial charge is 0.450 e. The van der Waals surface area contributed by atoms with Crippen molar-refractivity contribution >= 4 is 18.0 Å². The first-order valence-corrected chi connectivity index (χ1v) is 3.27. The van der Waals surface area contributed by atoms with Crippen LogP contribution < -0.4 is 5.32 Å². The van der Waals surface area contributed by atoms with E-state index < -0.39 is 6.16 Å². The predicted octanol–water partition coefficient (Wildman–Crippen LogP) is 0.0355. The maximum Gasteiger partial charge on any atom is 0.503 e. The molecule has 1 heterocycles. The second kappa shape index (κ2) is 5.11. The van der Waals surface area contributed by atoms with Gasteiger partial charge in [-0.15, -0.1) is 0 Å². The normalized spacial score (nSPS) is 15.7. The molecule has 1 fully saturated rings. The topological polar surface area (TPSA) is 104 Å². The molecule has 0 atom stereocenters. The summed E-state index contributed by atoms with van der Waals surface area (Å²) in [6, 6.07) is 0. The van der Waals surface area contributed by atoms with E-state index in [9.17, 15) is 9.59 Å². The van der Waals surface area contributed by atoms with Crippen LogP contribution in [-0.2, 0) is 9.59 Å². The van der Waals surface area contributed by atoms with Crippen molar-refractivity contribution in [3.8, 4) is 0 Å². The summed E-state index contributed by atoms with van der Waals surface area (Å²) >= 11 is 0. The Balaban J connectivity index is 0.000000261. The van der Waals surface area contributed by atoms with E-state index in [0.717, 1.165) is 0 Å². The van der Waals surface area contributed by atoms with Gasteiger partial charge in [0, 0.05) is 12.8 Å². The standard InChI is InChI=1S/C5H7NO2.CH2O3/c7-4-2-1-3-5(8)6-4;2-1(3)4/h1-3H2,(H,6,7,8);(H2,2,3,4). The largest absolute Gasteiger partial charge is 0.503 e. The Bertz CT molecular complexity index is 182. The van der Waals surface area contributed by atoms with E-state index in [2.05, 4.69) is 5.32 Å². The Morgan fingerprint density at radius 2 is 1.50 bits per heavy atom. The first-order chi connectivity index (χ1) is 5.52. The third kappa shape index (κ3) is 6.53. The van der Waals surface area contributed by atoms with E-state index in [1.54, 1.807) is 0 Å². The number of carboxylic acid groups (broad SMARTS) is 2. The molecule has 1 aliphatic rings. The molecule has 0 unspecified atom stereocenters. The van der Waals surface area contributed by atoms with Crippen molar-refractivity contribution in [1.29, 1.82) is 0 Å². The second-order valence-corrected chi connectivity index (χ2v) is 2.11. The van der Waals surface area contributed by atoms with Crippen molar-refractivity contribution in [2.45, 2.75) is 19.3 Å². The Hall–Kier alpha value is -1.59. The maximum atomic E-state index is 10.3. The molecule has 6 nitrogen and oxygen atoms in total. The molecule has 1 saturated heterocycles. The molecule has 0 aromatic carbocycles. The molecule has 1 rings (SSSR count). The molecule has 0 spiro atoms. The van der Waals surface area contributed by atoms with E-state index in [-0.39, 0.29) is 11.8 Å². The Morgan fingerprint density at radius 3 is 1.67 bits per heavy atom. The zero-order valence-corrected chi connectivity index (χ0v) is 6.24. The molecule has 1 aliphatic heterocycles. The predicted molar refractivity (Wildman–Crippen MR) is 37.7 cm³/mol. The van der Waals surface area contributed by atoms with Crippen molar-refractivity contribution in [1.82, 2.24) is 5.32 Å². The average molecular weight is 175 g/mol. The lowest BCUT2D eigenvalue weighted by atomic mass is 10.1. The average Bonchev–Trinajstić information content (AvgIpc) is 1.84. The Morgan fingerprint density at radius 1 is 1.17 bits per heavy atom. The number of hydrogen-bond acceptors (Lipinski definition) is 3. The Kier molecular flexibility index (Phi) is 4.43. The van der Waals surface area contributed by atoms with Crippen LogP contribution in [-0.4, -0.2) is 28.2 Å². The minimum absolute atomic E-state index is 0.138. The van der Waals surface area contributed by atoms with Crippen molar-refractivity contribution in [2.24, 2.45) is 0 Å². The van der Waals surface area contributed by atoms with Gasteiger partial charge in [-0.25, -0.2) is 4.79 Å². The highest BCUT2D eigenvalue weighted by Gasteiger charge is 2.12. The van der Waals surface area contributed by atoms with Gasteiger partial charge in [0.2, 0.25) is 11.8 Å². The van der Waals surface area contributed by atoms with Crippen LogP contribution >= 0.6 is 0 Å². The molecule has 68 valence electrons. The highest BCUT2D eigenvalue weighted by molar-refractivity contribution is 5.97. The van der Waals surface area contributed by atoms with Crippen LogP contribution in [0.15, 0.2) is 0 Å². The van der Waals surface area contributed by atoms with Gasteiger partial charge in [-0.3, -0.25) is 14.9 Å². The van der Waals surface area contributed by atoms with Crippen LogP contribution in [0.5, 0.6) is 0 Å². The zero-order valence-electron chi connectivity index (χ0n) is 6.24. The number of amides is 2. The summed E-state index contributed by atoms with van der Waals surface area (Å²) in [6.45, 7) is 0. The molecule has 0 aromatic heterocycles. The number of carbonyl (C=O) groups is 3. The zero-order chi connectivity index (χ0) is 9.56. The van der Waals surface area contributed by atoms with Crippen molar-refractivity contribution in [3.63, 3.8) is 0 Å². The van der Waals surface area contributed by atoms with Gasteiger partial charge in [-0.2, -0.15) is 0 Å². The van der Waals surface area contributed by atoms with Crippen LogP contribution in [0.3, 0.4) is 0 Å². The molecular formula is C6H9NO5. The molecule has 0 bridgehead atoms. The van der Waals surface area contributed by atoms with Crippen molar-refractivity contribution < 1.29 is 24.6 Å². The lowest BCUT2D eigenvalue weighted by molar-refractivity contribution is -0.132. The lowest BCUT2D eigenvalue weighted by Crippen LogP contribution is -2.33. The first-order valence-electron chi connectivity index (χ1n) is 3.27. The number of nitrogens with one attached hydrogen (secondary N) is 1. The number of hydrogen-bond donors (Lipinski definition) is 3. The first kappa shape index (κ1) is 10.4. The molecule has 0 saturated carbocycles. The number of imide groups is 1. The molecular weight excluding hydrogens is 166 g/mol. The van der Waals surface area contributed by atoms with E-state index >= 15 is 0 Å². The van der Waals surface area contributed by atoms with Gasteiger partial charge >= 0.3 is 6.16 Å². The van der Waals surface area contributed by atoms with Gasteiger partial charge < -0.3 is 10.2 Å². The minimum atomic E-state index is -1.83. The van der Waals surface area contributed by atoms with Crippen LogP contribution in [0.2, 0.25) is 0 Å². The molecule has 2 amide bonds. The summed E-state index contributed by atoms with van der Waals surface area (Å²) < 4.78 is 0. The summed E-state index contributed by atoms with van der Waals surface area (Å²) in [5.74, 6) is -0.275. The van der Waals surface area contributed by atoms with Crippen LogP contribution in [0.4, 0.5) is 4.79 Å². The summed E-state index contributed by atoms with van der Waals surface area (Å²) in [5.41, 5.74) is 0. The fourth-order valence-corrected chi connectivity index (χ4v) is 0.690. The van der Waals surface area contributed by atoms with Gasteiger partial charge in [0.25, 0.3) is 0 Å². The summed E-state index contributed by atoms with van der Waals surface area (Å²) in [7, 11) is 0. The Labute approximate surface area is 68.2 Å². The van der Waals surface area contributed by atoms with Crippen LogP contribution in [0.25, 0.3) is 0 Å². The number of piperidine rings is 1. The fraction of sp³-hybridized carbons (Fsp3) is 0.500. The molecule has 12 heavy (non-hydrogen) atoms. The van der Waals surface area contributed by atoms with Crippen LogP contribution in [0.1, 0.15) is 19.3 Å². The third-order valence-corrected chi connectivity index (χ3v) is 1.09. The van der Waals surface area contributed by atoms with Crippen molar-refractivity contribution in [2.75, 3.05) is 0 Å². The van der Waals surface area contributed by atoms with E-state index in [0.29, 0.717) is 19.3 Å². The monoisotopic (exact) mass is 175 g/mol. The fourth-order valence-electron chi connectivity index (χ4n) is 0.690. The summed E-state index contributed by atoms with van der Waals surface area (Å²) in [6.07, 6.45) is -0.109. The molecule has 3 N–H and O–H groups in total. The number of rotatable bonds is 0. The highest BCUT2D eigenvalue weighted by Crippen LogP contribution is 2.00. The highest BCUT2D eigenvalue weighted by atomic mass is 16.6. The van der Waals surface area contributed by atoms with Crippen LogP contribution in [0, 0.1) is 0 Å². The quantitative estimate of drug-likeness (QED) is 0.451. The molecule has 0 radical (unpaired) electrons. The van der Waals surface area contributed by atoms with Gasteiger partial charge in [0.15, 0.2) is 0 Å². The van der Waals surface area contributed by atoms with Gasteiger partial charge in [-0.1, -0.05) is 0 Å². The molecule has 6 heteroatoms. The molecule has 0 aromatic rings. The molecule has 0 aliphatic carbocycles. The van der Waals surface area contributed by atoms with Gasteiger partial charge in [0.1, 0.15) is 0 Å². The van der Waals surface area contributed by atoms with Crippen molar-refractivity contribution in [3.05, 3.63) is 0 Å². The van der Waals surface area contributed by atoms with Gasteiger partial charge in [0.05, 0.1) is 0 Å².